The number of carbonyl (C=O) groups is 2. The van der Waals surface area contributed by atoms with Gasteiger partial charge in [0.05, 0.1) is 27.9 Å². The number of carbonyl (C=O) groups excluding carboxylic acids is 2. The molecule has 0 heterocycles. The van der Waals surface area contributed by atoms with E-state index < -0.39 is 0 Å². The number of amides is 2. The Morgan fingerprint density at radius 3 is 1.89 bits per heavy atom. The zero-order valence-corrected chi connectivity index (χ0v) is 20.3. The third kappa shape index (κ3) is 6.89. The zero-order chi connectivity index (χ0) is 25.2. The maximum atomic E-state index is 12.5. The fourth-order valence-electron chi connectivity index (χ4n) is 3.47. The first-order chi connectivity index (χ1) is 17.0. The van der Waals surface area contributed by atoms with Crippen LogP contribution in [0.1, 0.15) is 29.3 Å². The molecule has 0 aliphatic heterocycles. The summed E-state index contributed by atoms with van der Waals surface area (Å²) in [5.41, 5.74) is 2.64. The fourth-order valence-corrected chi connectivity index (χ4v) is 3.47. The van der Waals surface area contributed by atoms with E-state index in [1.165, 1.54) is 0 Å². The number of aryl methyl sites for hydroxylation is 1. The van der Waals surface area contributed by atoms with Gasteiger partial charge in [0, 0.05) is 23.4 Å². The molecule has 35 heavy (non-hydrogen) atoms. The predicted molar refractivity (Wildman–Crippen MR) is 135 cm³/mol. The average Bonchev–Trinajstić information content (AvgIpc) is 2.88. The summed E-state index contributed by atoms with van der Waals surface area (Å²) >= 11 is 0. The normalized spacial score (nSPS) is 10.3. The average molecular weight is 479 g/mol. The fraction of sp³-hybridized carbons (Fsp3) is 0.259. The van der Waals surface area contributed by atoms with Crippen LogP contribution >= 0.6 is 0 Å². The number of methoxy groups -OCH3 is 3. The maximum absolute atomic E-state index is 12.5. The highest BCUT2D eigenvalue weighted by molar-refractivity contribution is 6.04. The molecule has 2 amide bonds. The Hall–Kier alpha value is -4.20. The van der Waals surface area contributed by atoms with Crippen molar-refractivity contribution in [1.29, 1.82) is 0 Å². The van der Waals surface area contributed by atoms with E-state index in [0.717, 1.165) is 11.3 Å². The lowest BCUT2D eigenvalue weighted by molar-refractivity contribution is -0.116. The van der Waals surface area contributed by atoms with Crippen LogP contribution in [0, 0.1) is 0 Å². The van der Waals surface area contributed by atoms with Crippen molar-refractivity contribution in [2.24, 2.45) is 0 Å². The molecule has 0 aliphatic rings. The molecular weight excluding hydrogens is 448 g/mol. The molecule has 0 aliphatic carbocycles. The van der Waals surface area contributed by atoms with Gasteiger partial charge in [0.15, 0.2) is 11.5 Å². The Labute approximate surface area is 205 Å². The van der Waals surface area contributed by atoms with Gasteiger partial charge >= 0.3 is 0 Å². The molecule has 0 atom stereocenters. The van der Waals surface area contributed by atoms with Crippen LogP contribution in [-0.4, -0.2) is 39.8 Å². The van der Waals surface area contributed by atoms with E-state index in [1.807, 2.05) is 19.1 Å². The van der Waals surface area contributed by atoms with Crippen molar-refractivity contribution in [3.63, 3.8) is 0 Å². The largest absolute Gasteiger partial charge is 0.494 e. The minimum atomic E-state index is -0.241. The first kappa shape index (κ1) is 25.4. The first-order valence-corrected chi connectivity index (χ1v) is 11.2. The highest BCUT2D eigenvalue weighted by Crippen LogP contribution is 2.38. The van der Waals surface area contributed by atoms with Gasteiger partial charge in [-0.1, -0.05) is 0 Å². The minimum absolute atomic E-state index is 0.148. The quantitative estimate of drug-likeness (QED) is 0.406. The number of ether oxygens (including phenoxy) is 4. The van der Waals surface area contributed by atoms with Gasteiger partial charge in [0.1, 0.15) is 5.75 Å². The standard InChI is InChI=1S/C27H30N2O6/c1-5-35-22-13-11-21(12-14-22)29-27(31)19-7-9-20(10-8-19)28-25(30)15-6-18-16-23(32-2)26(34-4)24(17-18)33-3/h7-14,16-17H,5-6,15H2,1-4H3,(H,28,30)(H,29,31). The summed E-state index contributed by atoms with van der Waals surface area (Å²) < 4.78 is 21.5. The van der Waals surface area contributed by atoms with E-state index in [-0.39, 0.29) is 18.2 Å². The van der Waals surface area contributed by atoms with E-state index in [0.29, 0.717) is 47.2 Å². The second-order valence-electron chi connectivity index (χ2n) is 7.57. The maximum Gasteiger partial charge on any atom is 0.255 e. The molecule has 8 heteroatoms. The van der Waals surface area contributed by atoms with Gasteiger partial charge in [0.25, 0.3) is 5.91 Å². The van der Waals surface area contributed by atoms with Crippen molar-refractivity contribution < 1.29 is 28.5 Å². The molecule has 0 unspecified atom stereocenters. The second-order valence-corrected chi connectivity index (χ2v) is 7.57. The molecule has 0 aromatic heterocycles. The summed E-state index contributed by atoms with van der Waals surface area (Å²) in [6, 6.07) is 17.5. The molecule has 0 fully saturated rings. The van der Waals surface area contributed by atoms with Gasteiger partial charge in [-0.05, 0) is 79.6 Å². The lowest BCUT2D eigenvalue weighted by atomic mass is 10.1. The van der Waals surface area contributed by atoms with E-state index in [2.05, 4.69) is 10.6 Å². The highest BCUT2D eigenvalue weighted by Gasteiger charge is 2.14. The Balaban J connectivity index is 1.54. The van der Waals surface area contributed by atoms with Gasteiger partial charge in [0.2, 0.25) is 11.7 Å². The molecule has 3 aromatic carbocycles. The molecule has 0 saturated heterocycles. The van der Waals surface area contributed by atoms with Crippen LogP contribution in [0.3, 0.4) is 0 Å². The summed E-state index contributed by atoms with van der Waals surface area (Å²) in [4.78, 5) is 25.0. The number of hydrogen-bond donors (Lipinski definition) is 2. The van der Waals surface area contributed by atoms with Gasteiger partial charge in [-0.25, -0.2) is 0 Å². The van der Waals surface area contributed by atoms with Crippen molar-refractivity contribution >= 4 is 23.2 Å². The van der Waals surface area contributed by atoms with Crippen LogP contribution < -0.4 is 29.6 Å². The number of anilines is 2. The Morgan fingerprint density at radius 1 is 0.771 bits per heavy atom. The number of benzene rings is 3. The van der Waals surface area contributed by atoms with E-state index in [9.17, 15) is 9.59 Å². The Bertz CT molecular complexity index is 1120. The summed E-state index contributed by atoms with van der Waals surface area (Å²) in [5, 5.41) is 5.70. The molecule has 0 radical (unpaired) electrons. The lowest BCUT2D eigenvalue weighted by Crippen LogP contribution is -2.14. The van der Waals surface area contributed by atoms with E-state index >= 15 is 0 Å². The van der Waals surface area contributed by atoms with Gasteiger partial charge in [-0.3, -0.25) is 9.59 Å². The van der Waals surface area contributed by atoms with Crippen LogP contribution in [0.4, 0.5) is 11.4 Å². The first-order valence-electron chi connectivity index (χ1n) is 11.2. The Kier molecular flexibility index (Phi) is 8.95. The SMILES string of the molecule is CCOc1ccc(NC(=O)c2ccc(NC(=O)CCc3cc(OC)c(OC)c(OC)c3)cc2)cc1. The molecule has 0 spiro atoms. The number of hydrogen-bond acceptors (Lipinski definition) is 6. The van der Waals surface area contributed by atoms with Crippen molar-refractivity contribution in [3.05, 3.63) is 71.8 Å². The molecule has 8 nitrogen and oxygen atoms in total. The predicted octanol–water partition coefficient (Wildman–Crippen LogP) is 4.93. The third-order valence-corrected chi connectivity index (χ3v) is 5.22. The van der Waals surface area contributed by atoms with E-state index in [1.54, 1.807) is 69.9 Å². The summed E-state index contributed by atoms with van der Waals surface area (Å²) in [6.07, 6.45) is 0.754. The van der Waals surface area contributed by atoms with E-state index in [4.69, 9.17) is 18.9 Å². The molecule has 3 rings (SSSR count). The van der Waals surface area contributed by atoms with Crippen LogP contribution in [0.25, 0.3) is 0 Å². The van der Waals surface area contributed by atoms with Crippen LogP contribution in [0.2, 0.25) is 0 Å². The molecular formula is C27H30N2O6. The zero-order valence-electron chi connectivity index (χ0n) is 20.3. The topological polar surface area (TPSA) is 95.1 Å². The molecule has 184 valence electrons. The number of rotatable bonds is 11. The molecule has 2 N–H and O–H groups in total. The van der Waals surface area contributed by atoms with Crippen molar-refractivity contribution in [1.82, 2.24) is 0 Å². The minimum Gasteiger partial charge on any atom is -0.494 e. The molecule has 0 bridgehead atoms. The van der Waals surface area contributed by atoms with Gasteiger partial charge < -0.3 is 29.6 Å². The smallest absolute Gasteiger partial charge is 0.255 e. The van der Waals surface area contributed by atoms with Crippen molar-refractivity contribution in [2.75, 3.05) is 38.6 Å². The van der Waals surface area contributed by atoms with Crippen LogP contribution in [-0.2, 0) is 11.2 Å². The van der Waals surface area contributed by atoms with Crippen molar-refractivity contribution in [3.8, 4) is 23.0 Å². The van der Waals surface area contributed by atoms with Crippen molar-refractivity contribution in [2.45, 2.75) is 19.8 Å². The lowest BCUT2D eigenvalue weighted by Gasteiger charge is -2.14. The van der Waals surface area contributed by atoms with Crippen LogP contribution in [0.15, 0.2) is 60.7 Å². The molecule has 0 saturated carbocycles. The summed E-state index contributed by atoms with van der Waals surface area (Å²) in [6.45, 7) is 2.50. The van der Waals surface area contributed by atoms with Gasteiger partial charge in [-0.2, -0.15) is 0 Å². The Morgan fingerprint density at radius 2 is 1.34 bits per heavy atom. The monoisotopic (exact) mass is 478 g/mol. The summed E-state index contributed by atoms with van der Waals surface area (Å²) in [5.74, 6) is 1.95. The highest BCUT2D eigenvalue weighted by atomic mass is 16.5. The third-order valence-electron chi connectivity index (χ3n) is 5.22. The number of nitrogens with one attached hydrogen (secondary N) is 2. The summed E-state index contributed by atoms with van der Waals surface area (Å²) in [7, 11) is 4.65. The van der Waals surface area contributed by atoms with Gasteiger partial charge in [-0.15, -0.1) is 0 Å². The second kappa shape index (κ2) is 12.3. The molecule has 3 aromatic rings. The van der Waals surface area contributed by atoms with Crippen LogP contribution in [0.5, 0.6) is 23.0 Å².